The molecule has 2 aliphatic rings. The zero-order chi connectivity index (χ0) is 23.8. The number of carbonyl (C=O) groups excluding carboxylic acids is 3. The fraction of sp³-hybridized carbons (Fsp3) is 0.385. The lowest BCUT2D eigenvalue weighted by Crippen LogP contribution is -2.30. The van der Waals surface area contributed by atoms with Gasteiger partial charge in [-0.2, -0.15) is 0 Å². The van der Waals surface area contributed by atoms with E-state index in [1.165, 1.54) is 28.0 Å². The van der Waals surface area contributed by atoms with Crippen LogP contribution in [0.3, 0.4) is 0 Å². The van der Waals surface area contributed by atoms with Crippen molar-refractivity contribution in [1.82, 2.24) is 4.98 Å². The van der Waals surface area contributed by atoms with E-state index in [0.29, 0.717) is 11.6 Å². The second-order valence-electron chi connectivity index (χ2n) is 9.22. The summed E-state index contributed by atoms with van der Waals surface area (Å²) in [4.78, 5) is 44.4. The molecule has 1 aliphatic heterocycles. The van der Waals surface area contributed by atoms with Crippen LogP contribution in [0, 0.1) is 11.8 Å². The summed E-state index contributed by atoms with van der Waals surface area (Å²) in [6.07, 6.45) is 3.64. The summed E-state index contributed by atoms with van der Waals surface area (Å²) in [6.45, 7) is 4.21. The first-order valence-corrected chi connectivity index (χ1v) is 13.5. The van der Waals surface area contributed by atoms with Gasteiger partial charge in [-0.15, -0.1) is 11.3 Å². The smallest absolute Gasteiger partial charge is 0.237 e. The van der Waals surface area contributed by atoms with Gasteiger partial charge in [0.05, 0.1) is 33.5 Å². The quantitative estimate of drug-likeness (QED) is 0.345. The Kier molecular flexibility index (Phi) is 6.44. The van der Waals surface area contributed by atoms with E-state index in [0.717, 1.165) is 51.5 Å². The molecule has 8 heteroatoms. The topological polar surface area (TPSA) is 79.4 Å². The van der Waals surface area contributed by atoms with Crippen LogP contribution in [-0.2, 0) is 14.4 Å². The molecule has 0 bridgehead atoms. The van der Waals surface area contributed by atoms with Crippen molar-refractivity contribution in [2.24, 2.45) is 11.8 Å². The molecule has 5 rings (SSSR count). The van der Waals surface area contributed by atoms with Crippen LogP contribution >= 0.6 is 23.1 Å². The second-order valence-corrected chi connectivity index (χ2v) is 11.5. The van der Waals surface area contributed by atoms with Gasteiger partial charge in [-0.3, -0.25) is 19.3 Å². The van der Waals surface area contributed by atoms with E-state index in [2.05, 4.69) is 24.1 Å². The van der Waals surface area contributed by atoms with Crippen LogP contribution in [0.4, 0.5) is 11.4 Å². The number of amides is 3. The minimum absolute atomic E-state index is 0.0634. The maximum atomic E-state index is 12.9. The average molecular weight is 494 g/mol. The van der Waals surface area contributed by atoms with Gasteiger partial charge in [-0.05, 0) is 48.6 Å². The van der Waals surface area contributed by atoms with Crippen molar-refractivity contribution in [2.75, 3.05) is 16.0 Å². The third kappa shape index (κ3) is 4.36. The zero-order valence-electron chi connectivity index (χ0n) is 19.2. The highest BCUT2D eigenvalue weighted by atomic mass is 32.2. The molecule has 2 aromatic carbocycles. The minimum Gasteiger partial charge on any atom is -0.325 e. The van der Waals surface area contributed by atoms with E-state index in [4.69, 9.17) is 0 Å². The molecule has 2 fully saturated rings. The number of para-hydroxylation sites is 1. The summed E-state index contributed by atoms with van der Waals surface area (Å²) in [5, 5.41) is 3.01. The van der Waals surface area contributed by atoms with Gasteiger partial charge in [0, 0.05) is 5.69 Å². The highest BCUT2D eigenvalue weighted by Gasteiger charge is 2.48. The number of imide groups is 1. The average Bonchev–Trinajstić information content (AvgIpc) is 3.36. The Balaban J connectivity index is 1.28. The summed E-state index contributed by atoms with van der Waals surface area (Å²) >= 11 is 2.87. The van der Waals surface area contributed by atoms with Crippen LogP contribution in [0.1, 0.15) is 51.0 Å². The van der Waals surface area contributed by atoms with Crippen molar-refractivity contribution in [3.05, 3.63) is 48.0 Å². The Labute approximate surface area is 207 Å². The first-order chi connectivity index (χ1) is 16.4. The van der Waals surface area contributed by atoms with Crippen molar-refractivity contribution < 1.29 is 14.4 Å². The van der Waals surface area contributed by atoms with Gasteiger partial charge in [0.1, 0.15) is 0 Å². The van der Waals surface area contributed by atoms with E-state index in [1.54, 1.807) is 6.07 Å². The predicted molar refractivity (Wildman–Crippen MR) is 137 cm³/mol. The lowest BCUT2D eigenvalue weighted by Gasteiger charge is -2.19. The zero-order valence-corrected chi connectivity index (χ0v) is 20.9. The first kappa shape index (κ1) is 23.1. The van der Waals surface area contributed by atoms with Gasteiger partial charge in [0.15, 0.2) is 4.34 Å². The molecule has 3 aromatic rings. The minimum atomic E-state index is -0.163. The highest BCUT2D eigenvalue weighted by Crippen LogP contribution is 2.41. The number of benzene rings is 2. The van der Waals surface area contributed by atoms with Crippen LogP contribution in [0.5, 0.6) is 0 Å². The van der Waals surface area contributed by atoms with Crippen LogP contribution in [0.2, 0.25) is 0 Å². The molecule has 1 N–H and O–H groups in total. The number of nitrogens with zero attached hydrogens (tertiary/aromatic N) is 2. The third-order valence-corrected chi connectivity index (χ3v) is 8.80. The van der Waals surface area contributed by atoms with E-state index >= 15 is 0 Å². The molecule has 176 valence electrons. The maximum absolute atomic E-state index is 12.9. The molecule has 1 aromatic heterocycles. The summed E-state index contributed by atoms with van der Waals surface area (Å²) in [6, 6.07) is 13.4. The number of carbonyl (C=O) groups is 3. The monoisotopic (exact) mass is 493 g/mol. The molecule has 1 saturated carbocycles. The molecule has 6 nitrogen and oxygen atoms in total. The van der Waals surface area contributed by atoms with Crippen LogP contribution in [-0.4, -0.2) is 28.5 Å². The van der Waals surface area contributed by atoms with Gasteiger partial charge in [0.2, 0.25) is 17.7 Å². The number of aromatic nitrogens is 1. The molecule has 2 atom stereocenters. The standard InChI is InChI=1S/C26H27N3O3S2/c1-15(2)17-7-5-6-10-20(17)27-23(30)14-33-26-28-21-12-11-16(13-22(21)34-26)29-24(31)18-8-3-4-9-19(18)25(29)32/h5-7,10-13,15,18-19H,3-4,8-9,14H2,1-2H3,(H,27,30)/t18-,19+. The van der Waals surface area contributed by atoms with Crippen LogP contribution in [0.15, 0.2) is 46.8 Å². The third-order valence-electron chi connectivity index (χ3n) is 6.64. The molecule has 0 unspecified atom stereocenters. The summed E-state index contributed by atoms with van der Waals surface area (Å²) in [7, 11) is 0. The van der Waals surface area contributed by atoms with Gasteiger partial charge >= 0.3 is 0 Å². The number of hydrogen-bond acceptors (Lipinski definition) is 6. The number of thioether (sulfide) groups is 1. The van der Waals surface area contributed by atoms with Crippen LogP contribution < -0.4 is 10.2 Å². The number of hydrogen-bond donors (Lipinski definition) is 1. The Hall–Kier alpha value is -2.71. The molecule has 2 heterocycles. The molecule has 34 heavy (non-hydrogen) atoms. The number of anilines is 2. The predicted octanol–water partition coefficient (Wildman–Crippen LogP) is 5.83. The van der Waals surface area contributed by atoms with Gasteiger partial charge in [-0.25, -0.2) is 4.98 Å². The van der Waals surface area contributed by atoms with Gasteiger partial charge < -0.3 is 5.32 Å². The van der Waals surface area contributed by atoms with Gasteiger partial charge in [-0.1, -0.05) is 56.7 Å². The summed E-state index contributed by atoms with van der Waals surface area (Å²) in [5.74, 6) is 0.0477. The number of rotatable bonds is 6. The lowest BCUT2D eigenvalue weighted by molar-refractivity contribution is -0.122. The normalized spacial score (nSPS) is 20.3. The Morgan fingerprint density at radius 1 is 1.12 bits per heavy atom. The van der Waals surface area contributed by atoms with Crippen LogP contribution in [0.25, 0.3) is 10.2 Å². The Morgan fingerprint density at radius 2 is 1.82 bits per heavy atom. The van der Waals surface area contributed by atoms with Crippen molar-refractivity contribution in [1.29, 1.82) is 0 Å². The Morgan fingerprint density at radius 3 is 2.53 bits per heavy atom. The summed E-state index contributed by atoms with van der Waals surface area (Å²) < 4.78 is 1.69. The van der Waals surface area contributed by atoms with Gasteiger partial charge in [0.25, 0.3) is 0 Å². The number of thiazole rings is 1. The molecule has 0 radical (unpaired) electrons. The number of fused-ring (bicyclic) bond motifs is 2. The highest BCUT2D eigenvalue weighted by molar-refractivity contribution is 8.01. The maximum Gasteiger partial charge on any atom is 0.237 e. The molecular formula is C26H27N3O3S2. The first-order valence-electron chi connectivity index (χ1n) is 11.7. The second kappa shape index (κ2) is 9.50. The SMILES string of the molecule is CC(C)c1ccccc1NC(=O)CSc1nc2ccc(N3C(=O)[C@H]4CCCC[C@H]4C3=O)cc2s1. The van der Waals surface area contributed by atoms with E-state index in [-0.39, 0.29) is 35.3 Å². The molecular weight excluding hydrogens is 466 g/mol. The number of nitrogens with one attached hydrogen (secondary N) is 1. The fourth-order valence-corrected chi connectivity index (χ4v) is 6.84. The lowest BCUT2D eigenvalue weighted by atomic mass is 9.81. The molecule has 0 spiro atoms. The van der Waals surface area contributed by atoms with E-state index in [1.807, 2.05) is 36.4 Å². The Bertz CT molecular complexity index is 1250. The molecule has 1 saturated heterocycles. The van der Waals surface area contributed by atoms with Crippen molar-refractivity contribution in [3.63, 3.8) is 0 Å². The van der Waals surface area contributed by atoms with Crippen molar-refractivity contribution in [3.8, 4) is 0 Å². The van der Waals surface area contributed by atoms with E-state index < -0.39 is 0 Å². The largest absolute Gasteiger partial charge is 0.325 e. The summed E-state index contributed by atoms with van der Waals surface area (Å²) in [5.41, 5.74) is 3.38. The fourth-order valence-electron chi connectivity index (χ4n) is 4.94. The molecule has 3 amide bonds. The van der Waals surface area contributed by atoms with E-state index in [9.17, 15) is 14.4 Å². The van der Waals surface area contributed by atoms with Crippen molar-refractivity contribution >= 4 is 62.4 Å². The van der Waals surface area contributed by atoms with Crippen molar-refractivity contribution in [2.45, 2.75) is 49.8 Å². The molecule has 1 aliphatic carbocycles.